The summed E-state index contributed by atoms with van der Waals surface area (Å²) in [5, 5.41) is 14.7. The molecule has 0 unspecified atom stereocenters. The van der Waals surface area contributed by atoms with Crippen molar-refractivity contribution in [1.29, 1.82) is 0 Å². The second-order valence-electron chi connectivity index (χ2n) is 5.82. The van der Waals surface area contributed by atoms with E-state index >= 15 is 0 Å². The maximum Gasteiger partial charge on any atom is 0.269 e. The quantitative estimate of drug-likeness (QED) is 0.383. The lowest BCUT2D eigenvalue weighted by Crippen LogP contribution is -2.01. The van der Waals surface area contributed by atoms with Crippen LogP contribution in [0.1, 0.15) is 11.1 Å². The molecule has 7 heteroatoms. The number of nitrogens with zero attached hydrogens (tertiary/aromatic N) is 1. The zero-order chi connectivity index (χ0) is 19.2. The minimum absolute atomic E-state index is 0.0477. The van der Waals surface area contributed by atoms with E-state index < -0.39 is 4.92 Å². The molecular weight excluding hydrogens is 387 g/mol. The van der Waals surface area contributed by atoms with E-state index in [-0.39, 0.29) is 5.69 Å². The number of hydrogen-bond donors (Lipinski definition) is 1. The molecule has 0 heterocycles. The lowest BCUT2D eigenvalue weighted by molar-refractivity contribution is -0.384. The number of non-ortho nitro benzene ring substituents is 1. The first-order valence-corrected chi connectivity index (χ1v) is 8.91. The molecule has 0 fully saturated rings. The van der Waals surface area contributed by atoms with Crippen molar-refractivity contribution >= 4 is 34.6 Å². The Kier molecular flexibility index (Phi) is 6.16. The largest absolute Gasteiger partial charge is 0.486 e. The first-order chi connectivity index (χ1) is 13.0. The molecule has 27 heavy (non-hydrogen) atoms. The first kappa shape index (κ1) is 19.0. The van der Waals surface area contributed by atoms with Crippen molar-refractivity contribution in [2.45, 2.75) is 13.2 Å². The van der Waals surface area contributed by atoms with Gasteiger partial charge in [-0.1, -0.05) is 53.5 Å². The number of benzene rings is 3. The van der Waals surface area contributed by atoms with Gasteiger partial charge < -0.3 is 10.1 Å². The molecule has 0 bridgehead atoms. The van der Waals surface area contributed by atoms with Crippen LogP contribution in [-0.4, -0.2) is 4.92 Å². The minimum atomic E-state index is -0.433. The van der Waals surface area contributed by atoms with Crippen LogP contribution in [0.4, 0.5) is 11.4 Å². The van der Waals surface area contributed by atoms with E-state index in [1.165, 1.54) is 12.1 Å². The van der Waals surface area contributed by atoms with Gasteiger partial charge in [-0.25, -0.2) is 0 Å². The first-order valence-electron chi connectivity index (χ1n) is 8.16. The molecule has 0 saturated carbocycles. The van der Waals surface area contributed by atoms with Crippen LogP contribution in [0.25, 0.3) is 0 Å². The Bertz CT molecular complexity index is 909. The highest BCUT2D eigenvalue weighted by atomic mass is 35.5. The molecule has 0 spiro atoms. The molecule has 3 aromatic rings. The SMILES string of the molecule is O=[N+]([O-])c1ccc(NCc2cc(Cl)c(OCc3ccccc3)c(Cl)c2)cc1. The molecule has 3 rings (SSSR count). The van der Waals surface area contributed by atoms with Crippen molar-refractivity contribution in [2.24, 2.45) is 0 Å². The molecule has 0 aromatic heterocycles. The van der Waals surface area contributed by atoms with Crippen LogP contribution in [0.3, 0.4) is 0 Å². The number of hydrogen-bond acceptors (Lipinski definition) is 4. The zero-order valence-corrected chi connectivity index (χ0v) is 15.7. The molecule has 5 nitrogen and oxygen atoms in total. The Labute approximate surface area is 166 Å². The molecule has 0 aliphatic carbocycles. The van der Waals surface area contributed by atoms with E-state index in [0.717, 1.165) is 16.8 Å². The molecule has 138 valence electrons. The zero-order valence-electron chi connectivity index (χ0n) is 14.2. The summed E-state index contributed by atoms with van der Waals surface area (Å²) in [7, 11) is 0. The molecule has 1 N–H and O–H groups in total. The average Bonchev–Trinajstić information content (AvgIpc) is 2.67. The van der Waals surface area contributed by atoms with E-state index in [4.69, 9.17) is 27.9 Å². The molecule has 0 aliphatic heterocycles. The lowest BCUT2D eigenvalue weighted by atomic mass is 10.2. The average molecular weight is 403 g/mol. The van der Waals surface area contributed by atoms with Crippen LogP contribution in [0.15, 0.2) is 66.7 Å². The number of nitro benzene ring substituents is 1. The Morgan fingerprint density at radius 2 is 1.56 bits per heavy atom. The maximum atomic E-state index is 10.7. The van der Waals surface area contributed by atoms with Gasteiger partial charge in [-0.05, 0) is 35.4 Å². The summed E-state index contributed by atoms with van der Waals surface area (Å²) < 4.78 is 5.76. The van der Waals surface area contributed by atoms with E-state index in [1.54, 1.807) is 24.3 Å². The Morgan fingerprint density at radius 1 is 0.926 bits per heavy atom. The van der Waals surface area contributed by atoms with Gasteiger partial charge >= 0.3 is 0 Å². The van der Waals surface area contributed by atoms with Gasteiger partial charge in [0.25, 0.3) is 5.69 Å². The molecular formula is C20H16Cl2N2O3. The van der Waals surface area contributed by atoms with Crippen molar-refractivity contribution in [2.75, 3.05) is 5.32 Å². The van der Waals surface area contributed by atoms with Gasteiger partial charge in [-0.3, -0.25) is 10.1 Å². The molecule has 3 aromatic carbocycles. The van der Waals surface area contributed by atoms with Crippen molar-refractivity contribution in [1.82, 2.24) is 0 Å². The molecule has 0 saturated heterocycles. The van der Waals surface area contributed by atoms with Crippen molar-refractivity contribution in [3.8, 4) is 5.75 Å². The van der Waals surface area contributed by atoms with Crippen LogP contribution in [0.5, 0.6) is 5.75 Å². The van der Waals surface area contributed by atoms with Gasteiger partial charge in [-0.2, -0.15) is 0 Å². The highest BCUT2D eigenvalue weighted by Crippen LogP contribution is 2.35. The normalized spacial score (nSPS) is 10.4. The fourth-order valence-corrected chi connectivity index (χ4v) is 3.13. The number of ether oxygens (including phenoxy) is 1. The third-order valence-electron chi connectivity index (χ3n) is 3.86. The summed E-state index contributed by atoms with van der Waals surface area (Å²) >= 11 is 12.7. The van der Waals surface area contributed by atoms with E-state index in [2.05, 4.69) is 5.32 Å². The third kappa shape index (κ3) is 5.12. The summed E-state index contributed by atoms with van der Waals surface area (Å²) in [6.45, 7) is 0.844. The molecule has 0 amide bonds. The molecule has 0 aliphatic rings. The number of halogens is 2. The highest BCUT2D eigenvalue weighted by molar-refractivity contribution is 6.37. The number of nitro groups is 1. The van der Waals surface area contributed by atoms with Crippen LogP contribution in [-0.2, 0) is 13.2 Å². The second kappa shape index (κ2) is 8.75. The molecule has 0 atom stereocenters. The van der Waals surface area contributed by atoms with Crippen LogP contribution in [0, 0.1) is 10.1 Å². The highest BCUT2D eigenvalue weighted by Gasteiger charge is 2.11. The third-order valence-corrected chi connectivity index (χ3v) is 4.42. The van der Waals surface area contributed by atoms with Gasteiger partial charge in [0.2, 0.25) is 0 Å². The van der Waals surface area contributed by atoms with E-state index in [1.807, 2.05) is 30.3 Å². The van der Waals surface area contributed by atoms with Gasteiger partial charge in [0.05, 0.1) is 15.0 Å². The second-order valence-corrected chi connectivity index (χ2v) is 6.63. The van der Waals surface area contributed by atoms with Crippen molar-refractivity contribution < 1.29 is 9.66 Å². The monoisotopic (exact) mass is 402 g/mol. The van der Waals surface area contributed by atoms with Gasteiger partial charge in [0.15, 0.2) is 5.75 Å². The Hall–Kier alpha value is -2.76. The summed E-state index contributed by atoms with van der Waals surface area (Å²) in [6, 6.07) is 19.5. The Balaban J connectivity index is 1.64. The summed E-state index contributed by atoms with van der Waals surface area (Å²) in [5.74, 6) is 0.446. The van der Waals surface area contributed by atoms with Crippen molar-refractivity contribution in [3.05, 3.63) is 98.0 Å². The predicted molar refractivity (Wildman–Crippen MR) is 108 cm³/mol. The number of anilines is 1. The topological polar surface area (TPSA) is 64.4 Å². The smallest absolute Gasteiger partial charge is 0.269 e. The van der Waals surface area contributed by atoms with Crippen molar-refractivity contribution in [3.63, 3.8) is 0 Å². The number of nitrogens with one attached hydrogen (secondary N) is 1. The fourth-order valence-electron chi connectivity index (χ4n) is 2.49. The van der Waals surface area contributed by atoms with E-state index in [9.17, 15) is 10.1 Å². The van der Waals surface area contributed by atoms with Gasteiger partial charge in [0.1, 0.15) is 6.61 Å². The van der Waals surface area contributed by atoms with Crippen LogP contribution in [0.2, 0.25) is 10.0 Å². The van der Waals surface area contributed by atoms with Gasteiger partial charge in [0, 0.05) is 24.4 Å². The van der Waals surface area contributed by atoms with Gasteiger partial charge in [-0.15, -0.1) is 0 Å². The lowest BCUT2D eigenvalue weighted by Gasteiger charge is -2.13. The summed E-state index contributed by atoms with van der Waals surface area (Å²) in [4.78, 5) is 10.3. The minimum Gasteiger partial charge on any atom is -0.486 e. The number of rotatable bonds is 7. The summed E-state index contributed by atoms with van der Waals surface area (Å²) in [6.07, 6.45) is 0. The molecule has 0 radical (unpaired) electrons. The fraction of sp³-hybridized carbons (Fsp3) is 0.100. The maximum absolute atomic E-state index is 10.7. The summed E-state index contributed by atoms with van der Waals surface area (Å²) in [5.41, 5.74) is 2.70. The standard InChI is InChI=1S/C20H16Cl2N2O3/c21-18-10-15(12-23-16-6-8-17(9-7-16)24(25)26)11-19(22)20(18)27-13-14-4-2-1-3-5-14/h1-11,23H,12-13H2. The van der Waals surface area contributed by atoms with Crippen LogP contribution < -0.4 is 10.1 Å². The van der Waals surface area contributed by atoms with E-state index in [0.29, 0.717) is 28.9 Å². The Morgan fingerprint density at radius 3 is 2.15 bits per heavy atom. The van der Waals surface area contributed by atoms with Crippen LogP contribution >= 0.6 is 23.2 Å². The predicted octanol–water partition coefficient (Wildman–Crippen LogP) is 6.09.